The minimum Gasteiger partial charge on any atom is -0.394 e. The standard InChI is InChI=1S/C42H75NO18/c1-3-5-7-8-9-10-11-12-13-14-15-16-18-19-26(47)25(43-30(48)20-17-6-4-2)24-56-40-36(54)33(51)38(28(22-45)58-40)61-42-37(55)34(52)39(29(23-46)59-42)60-41-35(53)32(50)31(49)27(21-44)57-41/h13-14,18-19,25-29,31-42,44-47,49-55H,3-12,15-17,20-24H2,1-2H3,(H,43,48)/b14-13+,19-18+. The number of hydrogen-bond acceptors (Lipinski definition) is 18. The minimum atomic E-state index is -1.97. The van der Waals surface area contributed by atoms with Gasteiger partial charge in [0, 0.05) is 6.42 Å². The van der Waals surface area contributed by atoms with Gasteiger partial charge in [0.2, 0.25) is 5.91 Å². The van der Waals surface area contributed by atoms with Gasteiger partial charge in [0.15, 0.2) is 18.9 Å². The van der Waals surface area contributed by atoms with Gasteiger partial charge in [-0.2, -0.15) is 0 Å². The fraction of sp³-hybridized carbons (Fsp3) is 0.881. The second-order valence-corrected chi connectivity index (χ2v) is 16.2. The van der Waals surface area contributed by atoms with Gasteiger partial charge in [-0.1, -0.05) is 89.5 Å². The van der Waals surface area contributed by atoms with E-state index in [4.69, 9.17) is 28.4 Å². The highest BCUT2D eigenvalue weighted by atomic mass is 16.8. The third-order valence-corrected chi connectivity index (χ3v) is 11.3. The Hall–Kier alpha value is -1.73. The first-order chi connectivity index (χ1) is 29.3. The molecule has 3 aliphatic rings. The lowest BCUT2D eigenvalue weighted by Crippen LogP contribution is -2.66. The third kappa shape index (κ3) is 16.6. The monoisotopic (exact) mass is 881 g/mol. The van der Waals surface area contributed by atoms with Crippen LogP contribution in [0.15, 0.2) is 24.3 Å². The predicted octanol–water partition coefficient (Wildman–Crippen LogP) is -1.09. The van der Waals surface area contributed by atoms with E-state index in [9.17, 15) is 61.0 Å². The van der Waals surface area contributed by atoms with Crippen molar-refractivity contribution in [3.05, 3.63) is 24.3 Å². The quantitative estimate of drug-likeness (QED) is 0.0328. The van der Waals surface area contributed by atoms with E-state index in [-0.39, 0.29) is 18.9 Å². The molecule has 12 N–H and O–H groups in total. The van der Waals surface area contributed by atoms with E-state index in [1.165, 1.54) is 38.5 Å². The summed E-state index contributed by atoms with van der Waals surface area (Å²) in [6, 6.07) is -0.978. The molecule has 0 aromatic heterocycles. The Kier molecular flexibility index (Phi) is 25.4. The lowest BCUT2D eigenvalue weighted by Gasteiger charge is -2.48. The first-order valence-electron chi connectivity index (χ1n) is 22.1. The van der Waals surface area contributed by atoms with E-state index >= 15 is 0 Å². The van der Waals surface area contributed by atoms with Crippen LogP contribution in [0.2, 0.25) is 0 Å². The normalized spacial score (nSPS) is 35.8. The summed E-state index contributed by atoms with van der Waals surface area (Å²) in [5, 5.41) is 118. The Morgan fingerprint density at radius 3 is 1.64 bits per heavy atom. The summed E-state index contributed by atoms with van der Waals surface area (Å²) in [5.41, 5.74) is 0. The van der Waals surface area contributed by atoms with Crippen molar-refractivity contribution in [2.45, 2.75) is 208 Å². The van der Waals surface area contributed by atoms with Gasteiger partial charge in [-0.05, 0) is 32.1 Å². The van der Waals surface area contributed by atoms with Crippen molar-refractivity contribution in [2.75, 3.05) is 26.4 Å². The van der Waals surface area contributed by atoms with Crippen molar-refractivity contribution < 1.29 is 89.4 Å². The number of rotatable bonds is 28. The van der Waals surface area contributed by atoms with E-state index in [1.807, 2.05) is 13.0 Å². The smallest absolute Gasteiger partial charge is 0.220 e. The van der Waals surface area contributed by atoms with E-state index in [0.717, 1.165) is 32.1 Å². The van der Waals surface area contributed by atoms with E-state index in [2.05, 4.69) is 24.4 Å². The number of allylic oxidation sites excluding steroid dienone is 3. The van der Waals surface area contributed by atoms with Crippen LogP contribution in [0.5, 0.6) is 0 Å². The summed E-state index contributed by atoms with van der Waals surface area (Å²) in [7, 11) is 0. The number of amides is 1. The molecule has 0 spiro atoms. The van der Waals surface area contributed by atoms with Crippen molar-refractivity contribution in [1.82, 2.24) is 5.32 Å². The number of carbonyl (C=O) groups excluding carboxylic acids is 1. The fourth-order valence-electron chi connectivity index (χ4n) is 7.44. The number of unbranched alkanes of at least 4 members (excludes halogenated alkanes) is 10. The van der Waals surface area contributed by atoms with Crippen LogP contribution in [-0.4, -0.2) is 193 Å². The van der Waals surface area contributed by atoms with Gasteiger partial charge in [0.05, 0.1) is 38.6 Å². The van der Waals surface area contributed by atoms with Crippen LogP contribution in [0.4, 0.5) is 0 Å². The summed E-state index contributed by atoms with van der Waals surface area (Å²) in [6.45, 7) is 1.42. The molecule has 3 fully saturated rings. The molecule has 0 aromatic carbocycles. The summed E-state index contributed by atoms with van der Waals surface area (Å²) in [5.74, 6) is -0.315. The molecule has 3 aliphatic heterocycles. The first kappa shape index (κ1) is 53.6. The van der Waals surface area contributed by atoms with E-state index < -0.39 is 124 Å². The zero-order valence-electron chi connectivity index (χ0n) is 35.6. The van der Waals surface area contributed by atoms with Crippen LogP contribution in [0.25, 0.3) is 0 Å². The number of nitrogens with one attached hydrogen (secondary N) is 1. The Balaban J connectivity index is 1.58. The van der Waals surface area contributed by atoms with E-state index in [0.29, 0.717) is 12.8 Å². The van der Waals surface area contributed by atoms with Gasteiger partial charge in [-0.3, -0.25) is 4.79 Å². The van der Waals surface area contributed by atoms with Gasteiger partial charge in [-0.25, -0.2) is 0 Å². The molecule has 17 atom stereocenters. The summed E-state index contributed by atoms with van der Waals surface area (Å²) in [4.78, 5) is 12.8. The number of carbonyl (C=O) groups is 1. The van der Waals surface area contributed by atoms with Gasteiger partial charge in [0.1, 0.15) is 73.2 Å². The average Bonchev–Trinajstić information content (AvgIpc) is 3.25. The Bertz CT molecular complexity index is 1240. The zero-order chi connectivity index (χ0) is 44.9. The lowest BCUT2D eigenvalue weighted by molar-refractivity contribution is -0.379. The number of ether oxygens (including phenoxy) is 6. The highest BCUT2D eigenvalue weighted by Gasteiger charge is 2.53. The van der Waals surface area contributed by atoms with Crippen LogP contribution in [0.1, 0.15) is 104 Å². The molecule has 1 amide bonds. The molecule has 356 valence electrons. The zero-order valence-corrected chi connectivity index (χ0v) is 35.6. The van der Waals surface area contributed by atoms with Crippen molar-refractivity contribution in [2.24, 2.45) is 0 Å². The molecule has 19 nitrogen and oxygen atoms in total. The van der Waals surface area contributed by atoms with Gasteiger partial charge in [0.25, 0.3) is 0 Å². The van der Waals surface area contributed by atoms with Gasteiger partial charge >= 0.3 is 0 Å². The van der Waals surface area contributed by atoms with Crippen LogP contribution < -0.4 is 5.32 Å². The minimum absolute atomic E-state index is 0.221. The maximum Gasteiger partial charge on any atom is 0.220 e. The summed E-state index contributed by atoms with van der Waals surface area (Å²) >= 11 is 0. The molecule has 19 heteroatoms. The van der Waals surface area contributed by atoms with Gasteiger partial charge in [-0.15, -0.1) is 0 Å². The first-order valence-corrected chi connectivity index (χ1v) is 22.1. The second kappa shape index (κ2) is 28.9. The maximum atomic E-state index is 12.8. The van der Waals surface area contributed by atoms with Crippen molar-refractivity contribution in [3.63, 3.8) is 0 Å². The molecular weight excluding hydrogens is 806 g/mol. The van der Waals surface area contributed by atoms with Crippen LogP contribution in [0.3, 0.4) is 0 Å². The van der Waals surface area contributed by atoms with Crippen molar-refractivity contribution in [3.8, 4) is 0 Å². The Morgan fingerprint density at radius 2 is 1.05 bits per heavy atom. The van der Waals surface area contributed by atoms with Gasteiger partial charge < -0.3 is 89.9 Å². The molecule has 17 unspecified atom stereocenters. The molecule has 3 rings (SSSR count). The largest absolute Gasteiger partial charge is 0.394 e. The molecule has 3 heterocycles. The average molecular weight is 882 g/mol. The van der Waals surface area contributed by atoms with Crippen molar-refractivity contribution in [1.29, 1.82) is 0 Å². The highest BCUT2D eigenvalue weighted by Crippen LogP contribution is 2.33. The highest BCUT2D eigenvalue weighted by molar-refractivity contribution is 5.76. The Labute approximate surface area is 358 Å². The van der Waals surface area contributed by atoms with Crippen LogP contribution >= 0.6 is 0 Å². The fourth-order valence-corrected chi connectivity index (χ4v) is 7.44. The predicted molar refractivity (Wildman–Crippen MR) is 217 cm³/mol. The molecular formula is C42H75NO18. The SMILES string of the molecule is CCCCCCCCC/C=C/CC/C=C/C(O)C(COC1OC(CO)C(OC2OC(CO)C(OC3OC(CO)C(O)C(O)C3O)C(O)C2O)C(O)C1O)NC(=O)CCCCC. The molecule has 0 saturated carbocycles. The van der Waals surface area contributed by atoms with Crippen molar-refractivity contribution >= 4 is 5.91 Å². The molecule has 0 aliphatic carbocycles. The lowest BCUT2D eigenvalue weighted by atomic mass is 9.96. The molecule has 3 saturated heterocycles. The second-order valence-electron chi connectivity index (χ2n) is 16.2. The van der Waals surface area contributed by atoms with Crippen LogP contribution in [-0.2, 0) is 33.2 Å². The van der Waals surface area contributed by atoms with E-state index in [1.54, 1.807) is 6.08 Å². The number of aliphatic hydroxyl groups is 11. The molecule has 0 bridgehead atoms. The maximum absolute atomic E-state index is 12.8. The molecule has 61 heavy (non-hydrogen) atoms. The van der Waals surface area contributed by atoms with Crippen LogP contribution in [0, 0.1) is 0 Å². The Morgan fingerprint density at radius 1 is 0.574 bits per heavy atom. The molecule has 0 radical (unpaired) electrons. The summed E-state index contributed by atoms with van der Waals surface area (Å²) in [6.07, 6.45) is -5.37. The number of aliphatic hydroxyl groups excluding tert-OH is 11. The third-order valence-electron chi connectivity index (χ3n) is 11.3. The summed E-state index contributed by atoms with van der Waals surface area (Å²) < 4.78 is 33.8. The number of hydrogen-bond donors (Lipinski definition) is 12. The molecule has 0 aromatic rings. The topological polar surface area (TPSA) is 307 Å².